The first kappa shape index (κ1) is 24.4. The number of amides is 1. The van der Waals surface area contributed by atoms with E-state index in [-0.39, 0.29) is 17.6 Å². The van der Waals surface area contributed by atoms with Gasteiger partial charge in [0, 0.05) is 11.3 Å². The van der Waals surface area contributed by atoms with E-state index in [0.717, 1.165) is 28.6 Å². The van der Waals surface area contributed by atoms with Crippen molar-refractivity contribution in [3.8, 4) is 17.2 Å². The Hall–Kier alpha value is -3.71. The van der Waals surface area contributed by atoms with Gasteiger partial charge >= 0.3 is 0 Å². The maximum Gasteiger partial charge on any atom is 0.264 e. The van der Waals surface area contributed by atoms with E-state index in [0.29, 0.717) is 23.2 Å². The topological polar surface area (TPSA) is 76.4 Å². The van der Waals surface area contributed by atoms with Crippen LogP contribution in [-0.2, 0) is 4.79 Å². The molecule has 0 saturated heterocycles. The molecule has 4 aromatic rings. The first-order valence-corrected chi connectivity index (χ1v) is 12.0. The van der Waals surface area contributed by atoms with Crippen molar-refractivity contribution in [1.82, 2.24) is 10.3 Å². The summed E-state index contributed by atoms with van der Waals surface area (Å²) in [6.45, 7) is 8.27. The molecule has 3 aromatic carbocycles. The number of rotatable bonds is 7. The highest BCUT2D eigenvalue weighted by Gasteiger charge is 2.12. The fourth-order valence-electron chi connectivity index (χ4n) is 3.62. The number of ether oxygens (including phenoxy) is 1. The summed E-state index contributed by atoms with van der Waals surface area (Å²) in [5, 5.41) is 5.87. The van der Waals surface area contributed by atoms with E-state index in [9.17, 15) is 4.79 Å². The highest BCUT2D eigenvalue weighted by atomic mass is 32.1. The van der Waals surface area contributed by atoms with Crippen LogP contribution in [-0.4, -0.2) is 22.6 Å². The molecule has 4 rings (SSSR count). The molecule has 1 aromatic heterocycles. The molecule has 1 unspecified atom stereocenters. The number of carbonyl (C=O) groups is 1. The highest BCUT2D eigenvalue weighted by Crippen LogP contribution is 2.29. The summed E-state index contributed by atoms with van der Waals surface area (Å²) in [4.78, 5) is 16.9. The molecular formula is C28H29N3O3S. The van der Waals surface area contributed by atoms with Gasteiger partial charge in [-0.2, -0.15) is 0 Å². The molecule has 35 heavy (non-hydrogen) atoms. The van der Waals surface area contributed by atoms with Crippen LogP contribution in [0.4, 0.5) is 5.69 Å². The van der Waals surface area contributed by atoms with E-state index in [1.165, 1.54) is 11.1 Å². The van der Waals surface area contributed by atoms with Crippen molar-refractivity contribution in [2.75, 3.05) is 11.9 Å². The Morgan fingerprint density at radius 3 is 2.69 bits per heavy atom. The minimum absolute atomic E-state index is 0.133. The monoisotopic (exact) mass is 487 g/mol. The fraction of sp³-hybridized carbons (Fsp3) is 0.250. The van der Waals surface area contributed by atoms with Crippen LogP contribution in [0.2, 0.25) is 0 Å². The molecular weight excluding hydrogens is 458 g/mol. The zero-order valence-electron chi connectivity index (χ0n) is 20.3. The molecule has 0 radical (unpaired) electrons. The average Bonchev–Trinajstić information content (AvgIpc) is 3.28. The molecule has 6 nitrogen and oxygen atoms in total. The zero-order chi connectivity index (χ0) is 24.9. The summed E-state index contributed by atoms with van der Waals surface area (Å²) in [6, 6.07) is 19.4. The van der Waals surface area contributed by atoms with Gasteiger partial charge in [0.15, 0.2) is 17.3 Å². The smallest absolute Gasteiger partial charge is 0.264 e. The third kappa shape index (κ3) is 6.05. The number of fused-ring (bicyclic) bond motifs is 1. The molecule has 0 saturated carbocycles. The van der Waals surface area contributed by atoms with Crippen molar-refractivity contribution in [2.24, 2.45) is 0 Å². The largest absolute Gasteiger partial charge is 0.484 e. The van der Waals surface area contributed by atoms with Crippen LogP contribution in [0.3, 0.4) is 0 Å². The lowest BCUT2D eigenvalue weighted by Crippen LogP contribution is -2.37. The Bertz CT molecular complexity index is 1380. The number of carbonyl (C=O) groups excluding carboxylic acids is 1. The molecule has 2 N–H and O–H groups in total. The van der Waals surface area contributed by atoms with Gasteiger partial charge in [-0.25, -0.2) is 4.98 Å². The van der Waals surface area contributed by atoms with Crippen LogP contribution in [0.5, 0.6) is 5.75 Å². The number of benzene rings is 3. The number of anilines is 1. The number of hydrogen-bond donors (Lipinski definition) is 2. The van der Waals surface area contributed by atoms with Gasteiger partial charge in [-0.15, -0.1) is 0 Å². The normalized spacial score (nSPS) is 11.8. The Kier molecular flexibility index (Phi) is 7.46. The number of aromatic nitrogens is 1. The number of aryl methyl sites for hydroxylation is 2. The van der Waals surface area contributed by atoms with Crippen LogP contribution in [0.25, 0.3) is 22.6 Å². The SMILES string of the molecule is CCC(C)c1ccc2oc(-c3cccc(NC(=S)NC(=O)COc4ccc(C)c(C)c4)c3)nc2c1. The number of oxazole rings is 1. The molecule has 1 heterocycles. The van der Waals surface area contributed by atoms with Crippen molar-refractivity contribution in [1.29, 1.82) is 0 Å². The number of nitrogens with zero attached hydrogens (tertiary/aromatic N) is 1. The van der Waals surface area contributed by atoms with Gasteiger partial charge in [-0.1, -0.05) is 32.0 Å². The highest BCUT2D eigenvalue weighted by molar-refractivity contribution is 7.80. The van der Waals surface area contributed by atoms with E-state index in [1.807, 2.05) is 62.4 Å². The lowest BCUT2D eigenvalue weighted by atomic mass is 9.98. The van der Waals surface area contributed by atoms with Crippen molar-refractivity contribution < 1.29 is 13.9 Å². The maximum atomic E-state index is 12.3. The van der Waals surface area contributed by atoms with Crippen LogP contribution in [0.15, 0.2) is 65.1 Å². The summed E-state index contributed by atoms with van der Waals surface area (Å²) >= 11 is 5.31. The van der Waals surface area contributed by atoms with Gasteiger partial charge in [-0.05, 0) is 97.6 Å². The predicted octanol–water partition coefficient (Wildman–Crippen LogP) is 6.52. The number of nitrogens with one attached hydrogen (secondary N) is 2. The Labute approximate surface area is 210 Å². The van der Waals surface area contributed by atoms with Gasteiger partial charge in [0.25, 0.3) is 5.91 Å². The molecule has 1 amide bonds. The zero-order valence-corrected chi connectivity index (χ0v) is 21.2. The third-order valence-corrected chi connectivity index (χ3v) is 6.27. The summed E-state index contributed by atoms with van der Waals surface area (Å²) in [6.07, 6.45) is 1.07. The lowest BCUT2D eigenvalue weighted by molar-refractivity contribution is -0.121. The Morgan fingerprint density at radius 1 is 1.09 bits per heavy atom. The molecule has 0 aliphatic rings. The van der Waals surface area contributed by atoms with Gasteiger partial charge in [-0.3, -0.25) is 10.1 Å². The number of thiocarbonyl (C=S) groups is 1. The van der Waals surface area contributed by atoms with E-state index in [2.05, 4.69) is 41.6 Å². The van der Waals surface area contributed by atoms with Gasteiger partial charge in [0.05, 0.1) is 0 Å². The first-order valence-electron chi connectivity index (χ1n) is 11.6. The molecule has 7 heteroatoms. The quantitative estimate of drug-likeness (QED) is 0.289. The molecule has 0 bridgehead atoms. The van der Waals surface area contributed by atoms with E-state index in [4.69, 9.17) is 21.4 Å². The molecule has 0 fully saturated rings. The maximum absolute atomic E-state index is 12.3. The fourth-order valence-corrected chi connectivity index (χ4v) is 3.85. The van der Waals surface area contributed by atoms with Gasteiger partial charge in [0.1, 0.15) is 11.3 Å². The third-order valence-electron chi connectivity index (χ3n) is 6.06. The first-order chi connectivity index (χ1) is 16.8. The van der Waals surface area contributed by atoms with Crippen molar-refractivity contribution in [2.45, 2.75) is 40.0 Å². The second-order valence-corrected chi connectivity index (χ2v) is 9.08. The molecule has 180 valence electrons. The van der Waals surface area contributed by atoms with Crippen molar-refractivity contribution >= 4 is 40.0 Å². The molecule has 1 atom stereocenters. The summed E-state index contributed by atoms with van der Waals surface area (Å²) in [5.41, 5.74) is 6.63. The van der Waals surface area contributed by atoms with Crippen LogP contribution < -0.4 is 15.4 Å². The lowest BCUT2D eigenvalue weighted by Gasteiger charge is -2.11. The second-order valence-electron chi connectivity index (χ2n) is 8.67. The van der Waals surface area contributed by atoms with Crippen molar-refractivity contribution in [3.63, 3.8) is 0 Å². The van der Waals surface area contributed by atoms with E-state index in [1.54, 1.807) is 0 Å². The predicted molar refractivity (Wildman–Crippen MR) is 144 cm³/mol. The Morgan fingerprint density at radius 2 is 1.91 bits per heavy atom. The molecule has 0 aliphatic carbocycles. The Balaban J connectivity index is 1.38. The summed E-state index contributed by atoms with van der Waals surface area (Å²) in [5.74, 6) is 1.30. The molecule has 0 spiro atoms. The van der Waals surface area contributed by atoms with E-state index < -0.39 is 0 Å². The standard InChI is InChI=1S/C28H29N3O3S/c1-5-17(2)20-10-12-25-24(15-20)30-27(34-25)21-7-6-8-22(14-21)29-28(35)31-26(32)16-33-23-11-9-18(3)19(4)13-23/h6-15,17H,5,16H2,1-4H3,(H2,29,31,32,35). The van der Waals surface area contributed by atoms with Gasteiger partial charge < -0.3 is 14.5 Å². The summed E-state index contributed by atoms with van der Waals surface area (Å²) < 4.78 is 11.5. The van der Waals surface area contributed by atoms with Crippen LogP contribution in [0, 0.1) is 13.8 Å². The summed E-state index contributed by atoms with van der Waals surface area (Å²) in [7, 11) is 0. The minimum atomic E-state index is -0.340. The van der Waals surface area contributed by atoms with Crippen molar-refractivity contribution in [3.05, 3.63) is 77.4 Å². The van der Waals surface area contributed by atoms with Crippen LogP contribution in [0.1, 0.15) is 42.9 Å². The van der Waals surface area contributed by atoms with Crippen LogP contribution >= 0.6 is 12.2 Å². The minimum Gasteiger partial charge on any atom is -0.484 e. The number of hydrogen-bond acceptors (Lipinski definition) is 5. The van der Waals surface area contributed by atoms with E-state index >= 15 is 0 Å². The second kappa shape index (κ2) is 10.7. The molecule has 0 aliphatic heterocycles. The van der Waals surface area contributed by atoms with Gasteiger partial charge in [0.2, 0.25) is 5.89 Å². The average molecular weight is 488 g/mol.